The molecular formula is C13H17N3O9. The topological polar surface area (TPSA) is 163 Å². The van der Waals surface area contributed by atoms with Crippen molar-refractivity contribution in [2.75, 3.05) is 7.11 Å². The lowest BCUT2D eigenvalue weighted by Crippen LogP contribution is -2.62. The van der Waals surface area contributed by atoms with E-state index >= 15 is 0 Å². The number of hydrogen-bond acceptors (Lipinski definition) is 10. The van der Waals surface area contributed by atoms with Gasteiger partial charge in [-0.25, -0.2) is 4.79 Å². The lowest BCUT2D eigenvalue weighted by Gasteiger charge is -2.42. The normalized spacial score (nSPS) is 28.1. The molecule has 138 valence electrons. The molecule has 0 aromatic heterocycles. The molecule has 1 aliphatic heterocycles. The van der Waals surface area contributed by atoms with Gasteiger partial charge >= 0.3 is 23.9 Å². The number of methoxy groups -OCH3 is 1. The van der Waals surface area contributed by atoms with Gasteiger partial charge in [-0.2, -0.15) is 0 Å². The Morgan fingerprint density at radius 3 is 1.84 bits per heavy atom. The molecule has 5 atom stereocenters. The van der Waals surface area contributed by atoms with E-state index in [1.165, 1.54) is 0 Å². The van der Waals surface area contributed by atoms with E-state index in [-0.39, 0.29) is 0 Å². The van der Waals surface area contributed by atoms with E-state index in [1.54, 1.807) is 0 Å². The van der Waals surface area contributed by atoms with Crippen molar-refractivity contribution in [2.45, 2.75) is 51.4 Å². The van der Waals surface area contributed by atoms with E-state index in [1.807, 2.05) is 0 Å². The second-order valence-electron chi connectivity index (χ2n) is 4.90. The molecule has 0 spiro atoms. The number of hydrogen-bond donors (Lipinski definition) is 0. The lowest BCUT2D eigenvalue weighted by atomic mass is 9.97. The van der Waals surface area contributed by atoms with Gasteiger partial charge in [-0.1, -0.05) is 5.11 Å². The second kappa shape index (κ2) is 8.85. The van der Waals surface area contributed by atoms with Gasteiger partial charge in [-0.15, -0.1) is 0 Å². The summed E-state index contributed by atoms with van der Waals surface area (Å²) in [5, 5.41) is 3.30. The molecule has 0 saturated carbocycles. The fraction of sp³-hybridized carbons (Fsp3) is 0.692. The van der Waals surface area contributed by atoms with E-state index in [0.29, 0.717) is 0 Å². The highest BCUT2D eigenvalue weighted by Crippen LogP contribution is 2.30. The van der Waals surface area contributed by atoms with Crippen LogP contribution in [0.25, 0.3) is 10.4 Å². The molecule has 1 aliphatic rings. The van der Waals surface area contributed by atoms with Gasteiger partial charge in [0.15, 0.2) is 30.6 Å². The second-order valence-corrected chi connectivity index (χ2v) is 4.90. The largest absolute Gasteiger partial charge is 0.467 e. The molecule has 12 heteroatoms. The van der Waals surface area contributed by atoms with Crippen molar-refractivity contribution in [1.82, 2.24) is 0 Å². The molecule has 0 amide bonds. The Morgan fingerprint density at radius 1 is 0.920 bits per heavy atom. The first kappa shape index (κ1) is 20.2. The zero-order chi connectivity index (χ0) is 19.1. The summed E-state index contributed by atoms with van der Waals surface area (Å²) < 4.78 is 24.9. The third-order valence-electron chi connectivity index (χ3n) is 3.02. The van der Waals surface area contributed by atoms with Crippen LogP contribution in [-0.2, 0) is 42.9 Å². The molecule has 0 aromatic carbocycles. The van der Waals surface area contributed by atoms with Crippen molar-refractivity contribution in [3.8, 4) is 0 Å². The Morgan fingerprint density at radius 2 is 1.40 bits per heavy atom. The Bertz CT molecular complexity index is 602. The number of carbonyl (C=O) groups is 4. The molecule has 12 nitrogen and oxygen atoms in total. The fourth-order valence-corrected chi connectivity index (χ4v) is 2.24. The first-order chi connectivity index (χ1) is 11.7. The molecule has 2 unspecified atom stereocenters. The minimum atomic E-state index is -1.57. The number of azide groups is 1. The van der Waals surface area contributed by atoms with Gasteiger partial charge < -0.3 is 23.7 Å². The summed E-state index contributed by atoms with van der Waals surface area (Å²) in [5.74, 6) is -3.40. The first-order valence-electron chi connectivity index (χ1n) is 7.00. The SMILES string of the molecule is COC(=O)C1O[C@@H](N=[N+]=[N-])[C@@H](OC(C)=O)C(OC(C)=O)[C@@H]1OC(C)=O. The fourth-order valence-electron chi connectivity index (χ4n) is 2.24. The van der Waals surface area contributed by atoms with E-state index in [2.05, 4.69) is 14.8 Å². The molecule has 1 fully saturated rings. The zero-order valence-electron chi connectivity index (χ0n) is 13.9. The zero-order valence-corrected chi connectivity index (χ0v) is 13.9. The van der Waals surface area contributed by atoms with Gasteiger partial charge in [-0.05, 0) is 5.53 Å². The quantitative estimate of drug-likeness (QED) is 0.216. The summed E-state index contributed by atoms with van der Waals surface area (Å²) in [6.45, 7) is 3.17. The van der Waals surface area contributed by atoms with Gasteiger partial charge in [0.05, 0.1) is 7.11 Å². The van der Waals surface area contributed by atoms with Gasteiger partial charge in [0.2, 0.25) is 0 Å². The number of rotatable bonds is 5. The van der Waals surface area contributed by atoms with Crippen LogP contribution in [0.15, 0.2) is 5.11 Å². The van der Waals surface area contributed by atoms with Crippen LogP contribution in [0.1, 0.15) is 20.8 Å². The molecule has 1 saturated heterocycles. The van der Waals surface area contributed by atoms with E-state index in [4.69, 9.17) is 24.5 Å². The van der Waals surface area contributed by atoms with Crippen LogP contribution >= 0.6 is 0 Å². The number of ether oxygens (including phenoxy) is 5. The van der Waals surface area contributed by atoms with Crippen molar-refractivity contribution < 1.29 is 42.9 Å². The van der Waals surface area contributed by atoms with Gasteiger partial charge in [-0.3, -0.25) is 14.4 Å². The number of esters is 4. The molecule has 0 aliphatic carbocycles. The van der Waals surface area contributed by atoms with E-state index in [0.717, 1.165) is 27.9 Å². The Kier molecular flexibility index (Phi) is 7.15. The van der Waals surface area contributed by atoms with Crippen LogP contribution in [0, 0.1) is 0 Å². The van der Waals surface area contributed by atoms with Crippen LogP contribution in [0.3, 0.4) is 0 Å². The Labute approximate surface area is 141 Å². The molecule has 0 radical (unpaired) electrons. The molecule has 0 aromatic rings. The van der Waals surface area contributed by atoms with E-state index < -0.39 is 54.5 Å². The predicted molar refractivity (Wildman–Crippen MR) is 76.5 cm³/mol. The number of nitrogens with zero attached hydrogens (tertiary/aromatic N) is 3. The van der Waals surface area contributed by atoms with Crippen molar-refractivity contribution in [3.05, 3.63) is 10.4 Å². The summed E-state index contributed by atoms with van der Waals surface area (Å²) in [5.41, 5.74) is 8.66. The van der Waals surface area contributed by atoms with Crippen LogP contribution in [-0.4, -0.2) is 61.6 Å². The molecule has 25 heavy (non-hydrogen) atoms. The molecule has 0 N–H and O–H groups in total. The molecule has 1 heterocycles. The van der Waals surface area contributed by atoms with Crippen LogP contribution in [0.2, 0.25) is 0 Å². The summed E-state index contributed by atoms with van der Waals surface area (Å²) in [6, 6.07) is 0. The van der Waals surface area contributed by atoms with Gasteiger partial charge in [0.25, 0.3) is 0 Å². The van der Waals surface area contributed by atoms with Gasteiger partial charge in [0.1, 0.15) is 0 Å². The highest BCUT2D eigenvalue weighted by atomic mass is 16.7. The first-order valence-corrected chi connectivity index (χ1v) is 7.00. The standard InChI is InChI=1S/C13H17N3O9/c1-5(17)22-8-9(23-6(2)18)11(13(20)21-4)25-12(15-16-14)10(8)24-7(3)19/h8-12H,1-4H3/t8?,9-,10-,11?,12+/m0/s1. The van der Waals surface area contributed by atoms with Crippen molar-refractivity contribution in [1.29, 1.82) is 0 Å². The summed E-state index contributed by atoms with van der Waals surface area (Å²) in [4.78, 5) is 48.6. The van der Waals surface area contributed by atoms with Crippen LogP contribution in [0.5, 0.6) is 0 Å². The highest BCUT2D eigenvalue weighted by molar-refractivity contribution is 5.77. The highest BCUT2D eigenvalue weighted by Gasteiger charge is 2.54. The minimum Gasteiger partial charge on any atom is -0.467 e. The Hall–Kier alpha value is -2.85. The predicted octanol–water partition coefficient (Wildman–Crippen LogP) is -0.0103. The third-order valence-corrected chi connectivity index (χ3v) is 3.02. The molecule has 0 bridgehead atoms. The molecule has 1 rings (SSSR count). The maximum atomic E-state index is 11.9. The summed E-state index contributed by atoms with van der Waals surface area (Å²) in [7, 11) is 1.05. The summed E-state index contributed by atoms with van der Waals surface area (Å²) >= 11 is 0. The van der Waals surface area contributed by atoms with Crippen LogP contribution < -0.4 is 0 Å². The average Bonchev–Trinajstić information content (AvgIpc) is 2.50. The molecular weight excluding hydrogens is 342 g/mol. The minimum absolute atomic E-state index is 0.804. The lowest BCUT2D eigenvalue weighted by molar-refractivity contribution is -0.247. The third kappa shape index (κ3) is 5.33. The Balaban J connectivity index is 3.38. The maximum Gasteiger partial charge on any atom is 0.339 e. The number of carbonyl (C=O) groups excluding carboxylic acids is 4. The van der Waals surface area contributed by atoms with Crippen molar-refractivity contribution >= 4 is 23.9 Å². The van der Waals surface area contributed by atoms with Crippen LogP contribution in [0.4, 0.5) is 0 Å². The monoisotopic (exact) mass is 359 g/mol. The average molecular weight is 359 g/mol. The smallest absolute Gasteiger partial charge is 0.339 e. The maximum absolute atomic E-state index is 11.9. The van der Waals surface area contributed by atoms with Crippen molar-refractivity contribution in [3.63, 3.8) is 0 Å². The summed E-state index contributed by atoms with van der Waals surface area (Å²) in [6.07, 6.45) is -7.47. The van der Waals surface area contributed by atoms with E-state index in [9.17, 15) is 19.2 Å². The van der Waals surface area contributed by atoms with Gasteiger partial charge in [0, 0.05) is 25.7 Å². The van der Waals surface area contributed by atoms with Crippen molar-refractivity contribution in [2.24, 2.45) is 5.11 Å².